The average Bonchev–Trinajstić information content (AvgIpc) is 3.24. The predicted molar refractivity (Wildman–Crippen MR) is 120 cm³/mol. The highest BCUT2D eigenvalue weighted by molar-refractivity contribution is 7.89. The van der Waals surface area contributed by atoms with Gasteiger partial charge in [-0.15, -0.1) is 0 Å². The van der Waals surface area contributed by atoms with E-state index in [-0.39, 0.29) is 4.90 Å². The third kappa shape index (κ3) is 3.85. The van der Waals surface area contributed by atoms with Crippen LogP contribution in [0.5, 0.6) is 0 Å². The van der Waals surface area contributed by atoms with Gasteiger partial charge in [0.2, 0.25) is 10.0 Å². The largest absolute Gasteiger partial charge is 0.356 e. The Morgan fingerprint density at radius 2 is 1.81 bits per heavy atom. The van der Waals surface area contributed by atoms with Crippen LogP contribution in [-0.4, -0.2) is 71.9 Å². The van der Waals surface area contributed by atoms with Crippen LogP contribution in [0.4, 0.5) is 11.6 Å². The van der Waals surface area contributed by atoms with Crippen LogP contribution in [0.2, 0.25) is 0 Å². The molecule has 0 spiro atoms. The Bertz CT molecular complexity index is 1170. The van der Waals surface area contributed by atoms with E-state index in [1.165, 1.54) is 19.0 Å². The van der Waals surface area contributed by atoms with Crippen LogP contribution < -0.4 is 9.80 Å². The molecule has 0 aromatic carbocycles. The lowest BCUT2D eigenvalue weighted by Crippen LogP contribution is -2.49. The number of anilines is 2. The van der Waals surface area contributed by atoms with Gasteiger partial charge in [-0.2, -0.15) is 4.31 Å². The van der Waals surface area contributed by atoms with Gasteiger partial charge in [-0.1, -0.05) is 6.92 Å². The topological polar surface area (TPSA) is 98.3 Å². The van der Waals surface area contributed by atoms with E-state index in [2.05, 4.69) is 36.7 Å². The second-order valence-corrected chi connectivity index (χ2v) is 10.3. The molecule has 5 heterocycles. The van der Waals surface area contributed by atoms with Gasteiger partial charge in [-0.3, -0.25) is 0 Å². The predicted octanol–water partition coefficient (Wildman–Crippen LogP) is 2.10. The van der Waals surface area contributed by atoms with Gasteiger partial charge < -0.3 is 14.8 Å². The first-order chi connectivity index (χ1) is 15.0. The van der Waals surface area contributed by atoms with Crippen molar-refractivity contribution in [3.05, 3.63) is 36.9 Å². The number of nitrogens with one attached hydrogen (secondary N) is 1. The van der Waals surface area contributed by atoms with E-state index in [0.29, 0.717) is 43.1 Å². The maximum Gasteiger partial charge on any atom is 0.245 e. The highest BCUT2D eigenvalue weighted by Gasteiger charge is 2.31. The lowest BCUT2D eigenvalue weighted by molar-refractivity contribution is 0.384. The molecule has 2 aliphatic rings. The van der Waals surface area contributed by atoms with Gasteiger partial charge in [-0.05, 0) is 30.9 Å². The molecule has 3 aromatic rings. The van der Waals surface area contributed by atoms with Crippen LogP contribution in [0.15, 0.2) is 41.8 Å². The number of fused-ring (bicyclic) bond motifs is 1. The van der Waals surface area contributed by atoms with Crippen molar-refractivity contribution < 1.29 is 8.42 Å². The second kappa shape index (κ2) is 8.08. The Labute approximate surface area is 182 Å². The molecule has 164 valence electrons. The lowest BCUT2D eigenvalue weighted by Gasteiger charge is -2.35. The van der Waals surface area contributed by atoms with E-state index >= 15 is 0 Å². The zero-order valence-corrected chi connectivity index (χ0v) is 18.4. The number of rotatable bonds is 4. The summed E-state index contributed by atoms with van der Waals surface area (Å²) < 4.78 is 28.0. The van der Waals surface area contributed by atoms with Gasteiger partial charge in [0, 0.05) is 63.1 Å². The summed E-state index contributed by atoms with van der Waals surface area (Å²) in [4.78, 5) is 20.9. The summed E-state index contributed by atoms with van der Waals surface area (Å²) in [7, 11) is -3.59. The highest BCUT2D eigenvalue weighted by Crippen LogP contribution is 2.27. The fourth-order valence-electron chi connectivity index (χ4n) is 4.52. The Kier molecular flexibility index (Phi) is 5.27. The molecule has 3 aromatic heterocycles. The van der Waals surface area contributed by atoms with E-state index in [4.69, 9.17) is 0 Å². The molecule has 0 aliphatic carbocycles. The summed E-state index contributed by atoms with van der Waals surface area (Å²) in [6.07, 6.45) is 7.24. The molecule has 10 heteroatoms. The Hall–Kier alpha value is -2.72. The third-order valence-corrected chi connectivity index (χ3v) is 8.15. The molecular formula is C21H27N7O2S. The van der Waals surface area contributed by atoms with E-state index in [1.807, 2.05) is 6.07 Å². The Balaban J connectivity index is 1.30. The van der Waals surface area contributed by atoms with Crippen LogP contribution in [0.25, 0.3) is 11.0 Å². The maximum absolute atomic E-state index is 13.2. The number of hydrogen-bond donors (Lipinski definition) is 1. The van der Waals surface area contributed by atoms with Crippen molar-refractivity contribution in [2.24, 2.45) is 5.92 Å². The SMILES string of the molecule is CC1CCCN(c2cc(N3CCN(S(=O)(=O)c4c[nH]c5ncccc45)CC3)ncn2)C1. The van der Waals surface area contributed by atoms with Crippen molar-refractivity contribution in [1.29, 1.82) is 0 Å². The summed E-state index contributed by atoms with van der Waals surface area (Å²) in [6, 6.07) is 5.57. The maximum atomic E-state index is 13.2. The number of hydrogen-bond acceptors (Lipinski definition) is 7. The molecule has 1 N–H and O–H groups in total. The minimum absolute atomic E-state index is 0.285. The molecular weight excluding hydrogens is 414 g/mol. The van der Waals surface area contributed by atoms with E-state index in [1.54, 1.807) is 29.0 Å². The normalized spacial score (nSPS) is 21.0. The summed E-state index contributed by atoms with van der Waals surface area (Å²) >= 11 is 0. The molecule has 9 nitrogen and oxygen atoms in total. The monoisotopic (exact) mass is 441 g/mol. The summed E-state index contributed by atoms with van der Waals surface area (Å²) in [5, 5.41) is 0.626. The summed E-state index contributed by atoms with van der Waals surface area (Å²) in [6.45, 7) is 6.32. The van der Waals surface area contributed by atoms with Crippen LogP contribution in [0.1, 0.15) is 19.8 Å². The molecule has 0 radical (unpaired) electrons. The smallest absolute Gasteiger partial charge is 0.245 e. The van der Waals surface area contributed by atoms with Gasteiger partial charge in [0.15, 0.2) is 0 Å². The number of pyridine rings is 1. The van der Waals surface area contributed by atoms with Crippen molar-refractivity contribution in [3.63, 3.8) is 0 Å². The number of sulfonamides is 1. The Morgan fingerprint density at radius 3 is 2.58 bits per heavy atom. The summed E-state index contributed by atoms with van der Waals surface area (Å²) in [5.74, 6) is 2.48. The number of H-pyrrole nitrogens is 1. The number of piperazine rings is 1. The van der Waals surface area contributed by atoms with E-state index in [0.717, 1.165) is 24.7 Å². The van der Waals surface area contributed by atoms with Crippen molar-refractivity contribution >= 4 is 32.7 Å². The van der Waals surface area contributed by atoms with Gasteiger partial charge in [0.25, 0.3) is 0 Å². The van der Waals surface area contributed by atoms with E-state index in [9.17, 15) is 8.42 Å². The molecule has 2 aliphatic heterocycles. The van der Waals surface area contributed by atoms with Gasteiger partial charge in [0.05, 0.1) is 0 Å². The number of aromatic amines is 1. The average molecular weight is 442 g/mol. The number of piperidine rings is 1. The van der Waals surface area contributed by atoms with Gasteiger partial charge in [-0.25, -0.2) is 23.4 Å². The molecule has 5 rings (SSSR count). The highest BCUT2D eigenvalue weighted by atomic mass is 32.2. The van der Waals surface area contributed by atoms with Gasteiger partial charge >= 0.3 is 0 Å². The fraction of sp³-hybridized carbons (Fsp3) is 0.476. The van der Waals surface area contributed by atoms with Crippen molar-refractivity contribution in [3.8, 4) is 0 Å². The molecule has 0 saturated carbocycles. The summed E-state index contributed by atoms with van der Waals surface area (Å²) in [5.41, 5.74) is 0.584. The van der Waals surface area contributed by atoms with Crippen LogP contribution in [-0.2, 0) is 10.0 Å². The van der Waals surface area contributed by atoms with Crippen LogP contribution in [0, 0.1) is 5.92 Å². The van der Waals surface area contributed by atoms with Crippen LogP contribution >= 0.6 is 0 Å². The third-order valence-electron chi connectivity index (χ3n) is 6.21. The number of aromatic nitrogens is 4. The zero-order chi connectivity index (χ0) is 21.4. The molecule has 2 saturated heterocycles. The molecule has 1 unspecified atom stereocenters. The minimum atomic E-state index is -3.59. The first-order valence-electron chi connectivity index (χ1n) is 10.8. The first kappa shape index (κ1) is 20.2. The quantitative estimate of drug-likeness (QED) is 0.662. The Morgan fingerprint density at radius 1 is 1.03 bits per heavy atom. The van der Waals surface area contributed by atoms with Crippen molar-refractivity contribution in [2.75, 3.05) is 49.1 Å². The molecule has 0 amide bonds. The zero-order valence-electron chi connectivity index (χ0n) is 17.6. The second-order valence-electron chi connectivity index (χ2n) is 8.37. The van der Waals surface area contributed by atoms with Crippen molar-refractivity contribution in [2.45, 2.75) is 24.7 Å². The van der Waals surface area contributed by atoms with Crippen LogP contribution in [0.3, 0.4) is 0 Å². The van der Waals surface area contributed by atoms with Crippen molar-refractivity contribution in [1.82, 2.24) is 24.2 Å². The molecule has 2 fully saturated rings. The number of nitrogens with zero attached hydrogens (tertiary/aromatic N) is 6. The molecule has 1 atom stereocenters. The van der Waals surface area contributed by atoms with Gasteiger partial charge in [0.1, 0.15) is 28.5 Å². The minimum Gasteiger partial charge on any atom is -0.356 e. The molecule has 31 heavy (non-hydrogen) atoms. The lowest BCUT2D eigenvalue weighted by atomic mass is 10.0. The standard InChI is InChI=1S/C21H27N7O2S/c1-16-4-3-7-27(14-16)20-12-19(24-15-25-20)26-8-10-28(11-9-26)31(29,30)18-13-23-21-17(18)5-2-6-22-21/h2,5-6,12-13,15-16H,3-4,7-11,14H2,1H3,(H,22,23). The van der Waals surface area contributed by atoms with E-state index < -0.39 is 10.0 Å². The molecule has 0 bridgehead atoms. The fourth-order valence-corrected chi connectivity index (χ4v) is 6.09. The first-order valence-corrected chi connectivity index (χ1v) is 12.2.